The maximum Gasteiger partial charge on any atom is 0.247 e. The van der Waals surface area contributed by atoms with Crippen molar-refractivity contribution in [1.29, 1.82) is 5.26 Å². The summed E-state index contributed by atoms with van der Waals surface area (Å²) in [6.45, 7) is 0.926. The number of methoxy groups -OCH3 is 3. The van der Waals surface area contributed by atoms with E-state index in [0.717, 1.165) is 10.0 Å². The molecule has 10 heteroatoms. The number of hydrogen-bond donors (Lipinski definition) is 0. The number of sulfonamides is 1. The molecule has 0 aliphatic carbocycles. The van der Waals surface area contributed by atoms with Gasteiger partial charge in [0.1, 0.15) is 22.1 Å². The van der Waals surface area contributed by atoms with Crippen molar-refractivity contribution < 1.29 is 22.6 Å². The monoisotopic (exact) mass is 509 g/mol. The van der Waals surface area contributed by atoms with Crippen LogP contribution in [0.5, 0.6) is 17.2 Å². The largest absolute Gasteiger partial charge is 0.497 e. The summed E-state index contributed by atoms with van der Waals surface area (Å²) >= 11 is 3.51. The zero-order valence-electron chi connectivity index (χ0n) is 17.5. The van der Waals surface area contributed by atoms with Crippen molar-refractivity contribution in [3.8, 4) is 23.4 Å². The number of likely N-dealkylation sites (tertiary alicyclic amines) is 1. The van der Waals surface area contributed by atoms with Gasteiger partial charge in [0.15, 0.2) is 6.19 Å². The van der Waals surface area contributed by atoms with Crippen LogP contribution in [0.4, 0.5) is 0 Å². The molecule has 1 aliphatic rings. The van der Waals surface area contributed by atoms with Crippen LogP contribution >= 0.6 is 15.9 Å². The Hall–Kier alpha value is -2.48. The first-order valence-corrected chi connectivity index (χ1v) is 11.8. The van der Waals surface area contributed by atoms with Gasteiger partial charge < -0.3 is 19.1 Å². The minimum Gasteiger partial charge on any atom is -0.497 e. The van der Waals surface area contributed by atoms with E-state index in [1.807, 2.05) is 6.07 Å². The molecule has 166 valence electrons. The van der Waals surface area contributed by atoms with E-state index in [4.69, 9.17) is 14.2 Å². The molecule has 0 spiro atoms. The Bertz CT molecular complexity index is 1090. The Labute approximate surface area is 191 Å². The van der Waals surface area contributed by atoms with Gasteiger partial charge in [-0.2, -0.15) is 9.57 Å². The van der Waals surface area contributed by atoms with Crippen molar-refractivity contribution in [1.82, 2.24) is 9.21 Å². The molecule has 31 heavy (non-hydrogen) atoms. The molecule has 1 fully saturated rings. The third kappa shape index (κ3) is 4.89. The summed E-state index contributed by atoms with van der Waals surface area (Å²) < 4.78 is 45.8. The number of halogens is 1. The number of benzene rings is 2. The normalized spacial score (nSPS) is 16.3. The maximum atomic E-state index is 13.9. The molecule has 0 N–H and O–H groups in total. The van der Waals surface area contributed by atoms with E-state index in [9.17, 15) is 13.7 Å². The van der Waals surface area contributed by atoms with Gasteiger partial charge in [-0.05, 0) is 42.3 Å². The van der Waals surface area contributed by atoms with Crippen LogP contribution in [0.2, 0.25) is 0 Å². The Morgan fingerprint density at radius 3 is 2.42 bits per heavy atom. The molecule has 0 aromatic heterocycles. The van der Waals surface area contributed by atoms with E-state index in [1.54, 1.807) is 36.3 Å². The fourth-order valence-corrected chi connectivity index (χ4v) is 5.73. The second-order valence-corrected chi connectivity index (χ2v) is 9.73. The number of hydrogen-bond acceptors (Lipinski definition) is 7. The fourth-order valence-electron chi connectivity index (χ4n) is 3.56. The number of rotatable bonds is 8. The highest BCUT2D eigenvalue weighted by Gasteiger charge is 2.38. The Morgan fingerprint density at radius 1 is 1.13 bits per heavy atom. The summed E-state index contributed by atoms with van der Waals surface area (Å²) in [4.78, 5) is 1.58. The van der Waals surface area contributed by atoms with Gasteiger partial charge in [-0.1, -0.05) is 15.9 Å². The van der Waals surface area contributed by atoms with Gasteiger partial charge in [-0.3, -0.25) is 0 Å². The van der Waals surface area contributed by atoms with Crippen molar-refractivity contribution in [3.63, 3.8) is 0 Å². The highest BCUT2D eigenvalue weighted by atomic mass is 79.9. The molecular weight excluding hydrogens is 486 g/mol. The molecule has 3 rings (SSSR count). The first kappa shape index (κ1) is 23.2. The van der Waals surface area contributed by atoms with Crippen molar-refractivity contribution in [2.75, 3.05) is 34.4 Å². The van der Waals surface area contributed by atoms with Crippen LogP contribution in [0.15, 0.2) is 45.8 Å². The van der Waals surface area contributed by atoms with E-state index in [1.165, 1.54) is 24.6 Å². The van der Waals surface area contributed by atoms with Crippen LogP contribution < -0.4 is 14.2 Å². The Morgan fingerprint density at radius 2 is 1.81 bits per heavy atom. The molecule has 0 amide bonds. The van der Waals surface area contributed by atoms with Crippen molar-refractivity contribution >= 4 is 26.0 Å². The van der Waals surface area contributed by atoms with Gasteiger partial charge in [0, 0.05) is 36.2 Å². The SMILES string of the molecule is COc1ccc(Br)c(CN(C2CCN(C#N)C2)S(=O)(=O)c2cc(OC)ccc2OC)c1. The number of nitriles is 1. The Kier molecular flexibility index (Phi) is 7.30. The molecule has 0 bridgehead atoms. The predicted octanol–water partition coefficient (Wildman–Crippen LogP) is 3.22. The van der Waals surface area contributed by atoms with Gasteiger partial charge >= 0.3 is 0 Å². The fraction of sp³-hybridized carbons (Fsp3) is 0.381. The standard InChI is InChI=1S/C21H24BrN3O5S/c1-28-17-4-6-19(22)15(10-17)12-25(16-8-9-24(13-16)14-23)31(26,27)21-11-18(29-2)5-7-20(21)30-3/h4-7,10-11,16H,8-9,12-13H2,1-3H3. The molecule has 1 saturated heterocycles. The zero-order valence-corrected chi connectivity index (χ0v) is 19.9. The third-order valence-electron chi connectivity index (χ3n) is 5.25. The summed E-state index contributed by atoms with van der Waals surface area (Å²) in [6, 6.07) is 9.71. The van der Waals surface area contributed by atoms with Crippen molar-refractivity contribution in [2.24, 2.45) is 0 Å². The smallest absolute Gasteiger partial charge is 0.247 e. The lowest BCUT2D eigenvalue weighted by Gasteiger charge is -2.29. The van der Waals surface area contributed by atoms with E-state index < -0.39 is 10.0 Å². The van der Waals surface area contributed by atoms with Crippen LogP contribution in [0.1, 0.15) is 12.0 Å². The van der Waals surface area contributed by atoms with E-state index in [0.29, 0.717) is 31.0 Å². The highest BCUT2D eigenvalue weighted by molar-refractivity contribution is 9.10. The second kappa shape index (κ2) is 9.77. The second-order valence-electron chi connectivity index (χ2n) is 7.01. The number of nitrogens with zero attached hydrogens (tertiary/aromatic N) is 3. The molecule has 1 atom stereocenters. The minimum absolute atomic E-state index is 0.0174. The van der Waals surface area contributed by atoms with Gasteiger partial charge in [0.25, 0.3) is 0 Å². The molecule has 0 saturated carbocycles. The van der Waals surface area contributed by atoms with E-state index in [-0.39, 0.29) is 23.2 Å². The van der Waals surface area contributed by atoms with Gasteiger partial charge in [-0.25, -0.2) is 8.42 Å². The van der Waals surface area contributed by atoms with Gasteiger partial charge in [-0.15, -0.1) is 0 Å². The lowest BCUT2D eigenvalue weighted by Crippen LogP contribution is -2.41. The molecule has 0 radical (unpaired) electrons. The third-order valence-corrected chi connectivity index (χ3v) is 7.94. The minimum atomic E-state index is -4.00. The average Bonchev–Trinajstić information content (AvgIpc) is 3.26. The van der Waals surface area contributed by atoms with Gasteiger partial charge in [0.05, 0.1) is 21.3 Å². The van der Waals surface area contributed by atoms with Crippen LogP contribution in [0.25, 0.3) is 0 Å². The van der Waals surface area contributed by atoms with Crippen LogP contribution in [0, 0.1) is 11.5 Å². The first-order valence-electron chi connectivity index (χ1n) is 9.55. The van der Waals surface area contributed by atoms with Crippen molar-refractivity contribution in [2.45, 2.75) is 23.9 Å². The lowest BCUT2D eigenvalue weighted by molar-refractivity contribution is 0.310. The summed E-state index contributed by atoms with van der Waals surface area (Å²) in [5.74, 6) is 1.26. The molecule has 1 aliphatic heterocycles. The van der Waals surface area contributed by atoms with Crippen molar-refractivity contribution in [3.05, 3.63) is 46.4 Å². The van der Waals surface area contributed by atoms with E-state index in [2.05, 4.69) is 22.1 Å². The topological polar surface area (TPSA) is 92.1 Å². The van der Waals surface area contributed by atoms with Crippen LogP contribution in [0.3, 0.4) is 0 Å². The molecule has 2 aromatic carbocycles. The maximum absolute atomic E-state index is 13.9. The number of ether oxygens (including phenoxy) is 3. The first-order chi connectivity index (χ1) is 14.8. The summed E-state index contributed by atoms with van der Waals surface area (Å²) in [6.07, 6.45) is 2.65. The molecule has 2 aromatic rings. The average molecular weight is 510 g/mol. The predicted molar refractivity (Wildman–Crippen MR) is 119 cm³/mol. The molecule has 1 unspecified atom stereocenters. The lowest BCUT2D eigenvalue weighted by atomic mass is 10.2. The zero-order chi connectivity index (χ0) is 22.6. The summed E-state index contributed by atoms with van der Waals surface area (Å²) in [5, 5.41) is 9.29. The molecule has 8 nitrogen and oxygen atoms in total. The molecular formula is C21H24BrN3O5S. The quantitative estimate of drug-likeness (QED) is 0.504. The van der Waals surface area contributed by atoms with Crippen LogP contribution in [-0.2, 0) is 16.6 Å². The van der Waals surface area contributed by atoms with Gasteiger partial charge in [0.2, 0.25) is 10.0 Å². The highest BCUT2D eigenvalue weighted by Crippen LogP contribution is 2.35. The van der Waals surface area contributed by atoms with Crippen LogP contribution in [-0.4, -0.2) is 58.1 Å². The van der Waals surface area contributed by atoms with E-state index >= 15 is 0 Å². The summed E-state index contributed by atoms with van der Waals surface area (Å²) in [5.41, 5.74) is 0.750. The summed E-state index contributed by atoms with van der Waals surface area (Å²) in [7, 11) is 0.469. The molecule has 1 heterocycles. The Balaban J connectivity index is 2.09.